The fourth-order valence-corrected chi connectivity index (χ4v) is 3.20. The Kier molecular flexibility index (Phi) is 3.96. The molecule has 0 atom stereocenters. The molecule has 1 N–H and O–H groups in total. The summed E-state index contributed by atoms with van der Waals surface area (Å²) in [7, 11) is -4.39. The maximum atomic E-state index is 13.5. The van der Waals surface area contributed by atoms with Gasteiger partial charge in [0.1, 0.15) is 11.6 Å². The summed E-state index contributed by atoms with van der Waals surface area (Å²) in [5, 5.41) is 0.144. The van der Waals surface area contributed by atoms with Crippen LogP contribution in [0.1, 0.15) is 5.56 Å². The van der Waals surface area contributed by atoms with Crippen molar-refractivity contribution in [2.24, 2.45) is 0 Å². The fourth-order valence-electron chi connectivity index (χ4n) is 1.64. The van der Waals surface area contributed by atoms with Crippen LogP contribution in [0.5, 0.6) is 0 Å². The van der Waals surface area contributed by atoms with E-state index >= 15 is 0 Å². The third-order valence-electron chi connectivity index (χ3n) is 2.56. The van der Waals surface area contributed by atoms with Crippen molar-refractivity contribution in [2.75, 3.05) is 4.72 Å². The van der Waals surface area contributed by atoms with Gasteiger partial charge in [-0.05, 0) is 36.8 Å². The van der Waals surface area contributed by atoms with Crippen molar-refractivity contribution in [3.05, 3.63) is 58.6 Å². The second kappa shape index (κ2) is 5.38. The van der Waals surface area contributed by atoms with Crippen LogP contribution in [-0.2, 0) is 10.0 Å². The van der Waals surface area contributed by atoms with Gasteiger partial charge < -0.3 is 0 Å². The molecule has 0 aliphatic carbocycles. The van der Waals surface area contributed by atoms with Crippen molar-refractivity contribution in [3.63, 3.8) is 0 Å². The Morgan fingerprint density at radius 3 is 2.25 bits per heavy atom. The summed E-state index contributed by atoms with van der Waals surface area (Å²) in [5.41, 5.74) is 0.884. The van der Waals surface area contributed by atoms with E-state index in [-0.39, 0.29) is 10.7 Å². The number of rotatable bonds is 3. The number of anilines is 1. The lowest BCUT2D eigenvalue weighted by Crippen LogP contribution is -2.16. The Bertz CT molecular complexity index is 743. The summed E-state index contributed by atoms with van der Waals surface area (Å²) in [6.45, 7) is 1.78. The molecule has 0 aromatic heterocycles. The van der Waals surface area contributed by atoms with E-state index in [9.17, 15) is 17.2 Å². The van der Waals surface area contributed by atoms with Gasteiger partial charge in [-0.3, -0.25) is 4.72 Å². The molecule has 0 spiro atoms. The highest BCUT2D eigenvalue weighted by molar-refractivity contribution is 7.92. The molecule has 0 aliphatic heterocycles. The van der Waals surface area contributed by atoms with E-state index in [1.54, 1.807) is 13.0 Å². The molecular formula is C13H10ClF2NO2S. The van der Waals surface area contributed by atoms with Crippen LogP contribution in [0.2, 0.25) is 5.02 Å². The van der Waals surface area contributed by atoms with Gasteiger partial charge in [0.2, 0.25) is 0 Å². The van der Waals surface area contributed by atoms with Crippen molar-refractivity contribution < 1.29 is 17.2 Å². The molecule has 2 aromatic carbocycles. The van der Waals surface area contributed by atoms with Crippen LogP contribution in [0, 0.1) is 18.6 Å². The fraction of sp³-hybridized carbons (Fsp3) is 0.0769. The topological polar surface area (TPSA) is 46.2 Å². The van der Waals surface area contributed by atoms with Crippen molar-refractivity contribution in [1.29, 1.82) is 0 Å². The van der Waals surface area contributed by atoms with E-state index in [0.717, 1.165) is 23.8 Å². The number of benzene rings is 2. The Hall–Kier alpha value is -1.66. The normalized spacial score (nSPS) is 11.4. The third kappa shape index (κ3) is 2.91. The van der Waals surface area contributed by atoms with Crippen LogP contribution < -0.4 is 4.72 Å². The molecule has 20 heavy (non-hydrogen) atoms. The summed E-state index contributed by atoms with van der Waals surface area (Å²) in [6, 6.07) is 7.41. The van der Waals surface area contributed by atoms with Crippen LogP contribution >= 0.6 is 11.6 Å². The molecule has 106 valence electrons. The molecule has 0 radical (unpaired) electrons. The predicted octanol–water partition coefficient (Wildman–Crippen LogP) is 3.73. The zero-order valence-electron chi connectivity index (χ0n) is 10.3. The van der Waals surface area contributed by atoms with Crippen LogP contribution in [-0.4, -0.2) is 8.42 Å². The third-order valence-corrected chi connectivity index (χ3v) is 4.29. The van der Waals surface area contributed by atoms with Gasteiger partial charge in [-0.1, -0.05) is 23.7 Å². The van der Waals surface area contributed by atoms with Gasteiger partial charge in [0.25, 0.3) is 10.0 Å². The quantitative estimate of drug-likeness (QED) is 0.937. The molecule has 3 nitrogen and oxygen atoms in total. The SMILES string of the molecule is Cc1ccc(NS(=O)(=O)c2c(F)cccc2F)c(Cl)c1. The van der Waals surface area contributed by atoms with E-state index in [1.165, 1.54) is 12.1 Å². The number of hydrogen-bond acceptors (Lipinski definition) is 2. The molecular weight excluding hydrogens is 308 g/mol. The zero-order chi connectivity index (χ0) is 14.9. The molecule has 7 heteroatoms. The lowest BCUT2D eigenvalue weighted by atomic mass is 10.2. The van der Waals surface area contributed by atoms with Crippen LogP contribution in [0.25, 0.3) is 0 Å². The number of sulfonamides is 1. The summed E-state index contributed by atoms with van der Waals surface area (Å²) in [6.07, 6.45) is 0. The van der Waals surface area contributed by atoms with Gasteiger partial charge in [0.05, 0.1) is 10.7 Å². The Morgan fingerprint density at radius 1 is 1.10 bits per heavy atom. The van der Waals surface area contributed by atoms with E-state index in [1.807, 2.05) is 0 Å². The van der Waals surface area contributed by atoms with Crippen LogP contribution in [0.3, 0.4) is 0 Å². The molecule has 0 heterocycles. The first-order chi connectivity index (χ1) is 9.31. The van der Waals surface area contributed by atoms with Gasteiger partial charge in [0.15, 0.2) is 4.90 Å². The van der Waals surface area contributed by atoms with Gasteiger partial charge in [-0.15, -0.1) is 0 Å². The molecule has 2 aromatic rings. The van der Waals surface area contributed by atoms with Crippen molar-refractivity contribution in [1.82, 2.24) is 0 Å². The molecule has 0 saturated heterocycles. The highest BCUT2D eigenvalue weighted by Gasteiger charge is 2.24. The minimum absolute atomic E-state index is 0.0555. The van der Waals surface area contributed by atoms with Gasteiger partial charge >= 0.3 is 0 Å². The largest absolute Gasteiger partial charge is 0.278 e. The molecule has 0 unspecified atom stereocenters. The maximum Gasteiger partial charge on any atom is 0.267 e. The summed E-state index contributed by atoms with van der Waals surface area (Å²) in [5.74, 6) is -2.33. The highest BCUT2D eigenvalue weighted by Crippen LogP contribution is 2.27. The van der Waals surface area contributed by atoms with E-state index in [2.05, 4.69) is 4.72 Å². The lowest BCUT2D eigenvalue weighted by molar-refractivity contribution is 0.521. The van der Waals surface area contributed by atoms with Crippen molar-refractivity contribution in [2.45, 2.75) is 11.8 Å². The van der Waals surface area contributed by atoms with E-state index in [0.29, 0.717) is 0 Å². The highest BCUT2D eigenvalue weighted by atomic mass is 35.5. The second-order valence-corrected chi connectivity index (χ2v) is 6.17. The summed E-state index contributed by atoms with van der Waals surface area (Å²) in [4.78, 5) is -1.03. The summed E-state index contributed by atoms with van der Waals surface area (Å²) >= 11 is 5.89. The average Bonchev–Trinajstić information content (AvgIpc) is 2.32. The molecule has 0 bridgehead atoms. The number of hydrogen-bond donors (Lipinski definition) is 1. The van der Waals surface area contributed by atoms with E-state index < -0.39 is 26.6 Å². The number of halogens is 3. The number of aryl methyl sites for hydroxylation is 1. The molecule has 0 fully saturated rings. The van der Waals surface area contributed by atoms with Gasteiger partial charge in [-0.2, -0.15) is 0 Å². The average molecular weight is 318 g/mol. The Morgan fingerprint density at radius 2 is 1.70 bits per heavy atom. The van der Waals surface area contributed by atoms with Crippen molar-refractivity contribution in [3.8, 4) is 0 Å². The molecule has 0 amide bonds. The van der Waals surface area contributed by atoms with Gasteiger partial charge in [-0.25, -0.2) is 17.2 Å². The van der Waals surface area contributed by atoms with Crippen LogP contribution in [0.15, 0.2) is 41.3 Å². The minimum atomic E-state index is -4.39. The smallest absolute Gasteiger partial charge is 0.267 e. The Labute approximate surface area is 120 Å². The van der Waals surface area contributed by atoms with Crippen molar-refractivity contribution >= 4 is 27.3 Å². The first kappa shape index (κ1) is 14.7. The first-order valence-corrected chi connectivity index (χ1v) is 7.40. The van der Waals surface area contributed by atoms with Crippen LogP contribution in [0.4, 0.5) is 14.5 Å². The molecule has 0 saturated carbocycles. The summed E-state index contributed by atoms with van der Waals surface area (Å²) < 4.78 is 53.2. The Balaban J connectivity index is 2.46. The molecule has 0 aliphatic rings. The lowest BCUT2D eigenvalue weighted by Gasteiger charge is -2.11. The second-order valence-electron chi connectivity index (χ2n) is 4.14. The van der Waals surface area contributed by atoms with Gasteiger partial charge in [0, 0.05) is 0 Å². The minimum Gasteiger partial charge on any atom is -0.278 e. The van der Waals surface area contributed by atoms with E-state index in [4.69, 9.17) is 11.6 Å². The monoisotopic (exact) mass is 317 g/mol. The standard InChI is InChI=1S/C13H10ClF2NO2S/c1-8-5-6-12(9(14)7-8)17-20(18,19)13-10(15)3-2-4-11(13)16/h2-7,17H,1H3. The zero-order valence-corrected chi connectivity index (χ0v) is 11.9. The first-order valence-electron chi connectivity index (χ1n) is 5.54. The predicted molar refractivity (Wildman–Crippen MR) is 73.4 cm³/mol. The maximum absolute atomic E-state index is 13.5. The molecule has 2 rings (SSSR count). The number of nitrogens with one attached hydrogen (secondary N) is 1.